The fourth-order valence-electron chi connectivity index (χ4n) is 2.35. The van der Waals surface area contributed by atoms with Gasteiger partial charge in [0.25, 0.3) is 0 Å². The van der Waals surface area contributed by atoms with Gasteiger partial charge in [-0.3, -0.25) is 0 Å². The molecule has 2 heteroatoms. The molecule has 1 aromatic rings. The first kappa shape index (κ1) is 10.3. The van der Waals surface area contributed by atoms with Crippen LogP contribution in [0.15, 0.2) is 18.2 Å². The van der Waals surface area contributed by atoms with E-state index in [1.54, 1.807) is 6.07 Å². The number of fused-ring (bicyclic) bond motifs is 1. The van der Waals surface area contributed by atoms with Crippen LogP contribution in [0.1, 0.15) is 24.5 Å². The lowest BCUT2D eigenvalue weighted by Crippen LogP contribution is -2.22. The number of hydrogen-bond donors (Lipinski definition) is 0. The average Bonchev–Trinajstić information content (AvgIpc) is 2.28. The number of halogens is 1. The highest BCUT2D eigenvalue weighted by Crippen LogP contribution is 2.30. The number of carbonyl (C=O) groups is 1. The molecule has 0 saturated carbocycles. The molecule has 2 rings (SSSR count). The lowest BCUT2D eigenvalue weighted by molar-refractivity contribution is -0.112. The molecule has 0 radical (unpaired) electrons. The lowest BCUT2D eigenvalue weighted by Gasteiger charge is -2.26. The van der Waals surface area contributed by atoms with Crippen molar-refractivity contribution in [2.75, 3.05) is 0 Å². The van der Waals surface area contributed by atoms with Crippen LogP contribution in [0.25, 0.3) is 0 Å². The largest absolute Gasteiger partial charge is 0.303 e. The Kier molecular flexibility index (Phi) is 2.85. The molecule has 2 atom stereocenters. The minimum Gasteiger partial charge on any atom is -0.303 e. The van der Waals surface area contributed by atoms with Crippen LogP contribution < -0.4 is 0 Å². The van der Waals surface area contributed by atoms with Gasteiger partial charge in [-0.1, -0.05) is 19.1 Å². The minimum atomic E-state index is -0.0929. The van der Waals surface area contributed by atoms with E-state index >= 15 is 0 Å². The van der Waals surface area contributed by atoms with E-state index in [-0.39, 0.29) is 11.7 Å². The molecule has 0 N–H and O–H groups in total. The van der Waals surface area contributed by atoms with Gasteiger partial charge in [0, 0.05) is 5.92 Å². The SMILES string of the molecule is CC(C=O)C1CCc2c(F)cccc2C1. The Hall–Kier alpha value is -1.18. The summed E-state index contributed by atoms with van der Waals surface area (Å²) in [6.07, 6.45) is 3.54. The third-order valence-electron chi connectivity index (χ3n) is 3.42. The Morgan fingerprint density at radius 1 is 1.53 bits per heavy atom. The quantitative estimate of drug-likeness (QED) is 0.680. The van der Waals surface area contributed by atoms with Crippen molar-refractivity contribution in [2.45, 2.75) is 26.2 Å². The molecule has 1 aromatic carbocycles. The van der Waals surface area contributed by atoms with E-state index in [1.165, 1.54) is 6.07 Å². The van der Waals surface area contributed by atoms with Gasteiger partial charge in [0.15, 0.2) is 0 Å². The summed E-state index contributed by atoms with van der Waals surface area (Å²) in [5.74, 6) is 0.378. The van der Waals surface area contributed by atoms with E-state index in [2.05, 4.69) is 0 Å². The predicted molar refractivity (Wildman–Crippen MR) is 57.1 cm³/mol. The third kappa shape index (κ3) is 1.94. The maximum atomic E-state index is 13.4. The van der Waals surface area contributed by atoms with Gasteiger partial charge >= 0.3 is 0 Å². The standard InChI is InChI=1S/C13H15FO/c1-9(8-15)10-5-6-12-11(7-10)3-2-4-13(12)14/h2-4,8-10H,5-7H2,1H3. The third-order valence-corrected chi connectivity index (χ3v) is 3.42. The summed E-state index contributed by atoms with van der Waals surface area (Å²) in [4.78, 5) is 10.7. The van der Waals surface area contributed by atoms with Gasteiger partial charge in [-0.25, -0.2) is 4.39 Å². The van der Waals surface area contributed by atoms with E-state index in [4.69, 9.17) is 0 Å². The topological polar surface area (TPSA) is 17.1 Å². The molecule has 1 aliphatic rings. The van der Waals surface area contributed by atoms with E-state index in [9.17, 15) is 9.18 Å². The van der Waals surface area contributed by atoms with Gasteiger partial charge in [-0.2, -0.15) is 0 Å². The second-order valence-electron chi connectivity index (χ2n) is 4.38. The lowest BCUT2D eigenvalue weighted by atomic mass is 9.78. The van der Waals surface area contributed by atoms with Crippen LogP contribution in [0, 0.1) is 17.7 Å². The summed E-state index contributed by atoms with van der Waals surface area (Å²) in [6, 6.07) is 5.24. The zero-order valence-electron chi connectivity index (χ0n) is 8.87. The molecular weight excluding hydrogens is 191 g/mol. The summed E-state index contributed by atoms with van der Waals surface area (Å²) in [5.41, 5.74) is 1.94. The first-order valence-electron chi connectivity index (χ1n) is 5.44. The molecule has 1 nitrogen and oxygen atoms in total. The highest BCUT2D eigenvalue weighted by atomic mass is 19.1. The Labute approximate surface area is 89.3 Å². The fourth-order valence-corrected chi connectivity index (χ4v) is 2.35. The first-order valence-corrected chi connectivity index (χ1v) is 5.44. The van der Waals surface area contributed by atoms with Gasteiger partial charge in [-0.15, -0.1) is 0 Å². The van der Waals surface area contributed by atoms with Crippen molar-refractivity contribution < 1.29 is 9.18 Å². The number of rotatable bonds is 2. The van der Waals surface area contributed by atoms with Crippen molar-refractivity contribution in [3.63, 3.8) is 0 Å². The zero-order valence-corrected chi connectivity index (χ0v) is 8.87. The van der Waals surface area contributed by atoms with E-state index in [0.717, 1.165) is 36.7 Å². The smallest absolute Gasteiger partial charge is 0.126 e. The molecular formula is C13H15FO. The van der Waals surface area contributed by atoms with Crippen molar-refractivity contribution in [1.29, 1.82) is 0 Å². The van der Waals surface area contributed by atoms with Crippen molar-refractivity contribution in [3.8, 4) is 0 Å². The Bertz CT molecular complexity index is 373. The molecule has 80 valence electrons. The molecule has 2 unspecified atom stereocenters. The zero-order chi connectivity index (χ0) is 10.8. The van der Waals surface area contributed by atoms with E-state index < -0.39 is 0 Å². The second kappa shape index (κ2) is 4.13. The maximum absolute atomic E-state index is 13.4. The van der Waals surface area contributed by atoms with E-state index in [0.29, 0.717) is 5.92 Å². The van der Waals surface area contributed by atoms with Gasteiger partial charge in [0.1, 0.15) is 12.1 Å². The molecule has 0 aromatic heterocycles. The Balaban J connectivity index is 2.24. The van der Waals surface area contributed by atoms with Gasteiger partial charge in [0.05, 0.1) is 0 Å². The number of aldehydes is 1. The Morgan fingerprint density at radius 3 is 3.07 bits per heavy atom. The van der Waals surface area contributed by atoms with Crippen LogP contribution >= 0.6 is 0 Å². The summed E-state index contributed by atoms with van der Waals surface area (Å²) in [6.45, 7) is 1.95. The molecule has 0 bridgehead atoms. The average molecular weight is 206 g/mol. The summed E-state index contributed by atoms with van der Waals surface area (Å²) >= 11 is 0. The number of benzene rings is 1. The molecule has 0 amide bonds. The summed E-state index contributed by atoms with van der Waals surface area (Å²) < 4.78 is 13.4. The Morgan fingerprint density at radius 2 is 2.33 bits per heavy atom. The van der Waals surface area contributed by atoms with Gasteiger partial charge in [-0.05, 0) is 42.4 Å². The van der Waals surface area contributed by atoms with Gasteiger partial charge < -0.3 is 4.79 Å². The predicted octanol–water partition coefficient (Wildman–Crippen LogP) is 2.77. The van der Waals surface area contributed by atoms with Crippen molar-refractivity contribution >= 4 is 6.29 Å². The molecule has 15 heavy (non-hydrogen) atoms. The minimum absolute atomic E-state index is 0.0846. The highest BCUT2D eigenvalue weighted by Gasteiger charge is 2.24. The molecule has 0 saturated heterocycles. The van der Waals surface area contributed by atoms with Crippen LogP contribution in [0.5, 0.6) is 0 Å². The summed E-state index contributed by atoms with van der Waals surface area (Å²) in [7, 11) is 0. The molecule has 1 aliphatic carbocycles. The van der Waals surface area contributed by atoms with Gasteiger partial charge in [0.2, 0.25) is 0 Å². The van der Waals surface area contributed by atoms with Crippen LogP contribution in [0.4, 0.5) is 4.39 Å². The molecule has 0 heterocycles. The van der Waals surface area contributed by atoms with Crippen LogP contribution in [0.2, 0.25) is 0 Å². The molecule has 0 spiro atoms. The van der Waals surface area contributed by atoms with Crippen molar-refractivity contribution in [3.05, 3.63) is 35.1 Å². The van der Waals surface area contributed by atoms with Crippen LogP contribution in [-0.4, -0.2) is 6.29 Å². The van der Waals surface area contributed by atoms with Crippen LogP contribution in [0.3, 0.4) is 0 Å². The number of carbonyl (C=O) groups excluding carboxylic acids is 1. The maximum Gasteiger partial charge on any atom is 0.126 e. The normalized spacial score (nSPS) is 21.9. The van der Waals surface area contributed by atoms with E-state index in [1.807, 2.05) is 13.0 Å². The monoisotopic (exact) mass is 206 g/mol. The molecule has 0 fully saturated rings. The van der Waals surface area contributed by atoms with Crippen molar-refractivity contribution in [2.24, 2.45) is 11.8 Å². The highest BCUT2D eigenvalue weighted by molar-refractivity contribution is 5.53. The second-order valence-corrected chi connectivity index (χ2v) is 4.38. The number of hydrogen-bond acceptors (Lipinski definition) is 1. The summed E-state index contributed by atoms with van der Waals surface area (Å²) in [5, 5.41) is 0. The van der Waals surface area contributed by atoms with Crippen LogP contribution in [-0.2, 0) is 17.6 Å². The van der Waals surface area contributed by atoms with Crippen molar-refractivity contribution in [1.82, 2.24) is 0 Å². The first-order chi connectivity index (χ1) is 7.22. The fraction of sp³-hybridized carbons (Fsp3) is 0.462. The molecule has 0 aliphatic heterocycles.